The minimum Gasteiger partial charge on any atom is -0.490 e. The molecule has 0 aromatic heterocycles. The fraction of sp³-hybridized carbons (Fsp3) is 0.227. The van der Waals surface area contributed by atoms with Crippen LogP contribution >= 0.6 is 0 Å². The Bertz CT molecular complexity index is 909. The molecular formula is C22H22N2O4. The third-order valence-electron chi connectivity index (χ3n) is 3.60. The van der Waals surface area contributed by atoms with Crippen molar-refractivity contribution in [1.82, 2.24) is 0 Å². The fourth-order valence-corrected chi connectivity index (χ4v) is 2.37. The van der Waals surface area contributed by atoms with Crippen LogP contribution in [0.2, 0.25) is 0 Å². The van der Waals surface area contributed by atoms with Crippen LogP contribution in [-0.4, -0.2) is 24.6 Å². The Kier molecular flexibility index (Phi) is 7.35. The van der Waals surface area contributed by atoms with Crippen LogP contribution in [0.1, 0.15) is 36.7 Å². The molecule has 0 atom stereocenters. The first kappa shape index (κ1) is 20.7. The highest BCUT2D eigenvalue weighted by atomic mass is 16.5. The summed E-state index contributed by atoms with van der Waals surface area (Å²) in [5.74, 6) is -0.387. The Balaban J connectivity index is 2.17. The summed E-state index contributed by atoms with van der Waals surface area (Å²) in [6.07, 6.45) is 1.45. The number of hydrogen-bond acceptors (Lipinski definition) is 5. The number of para-hydroxylation sites is 1. The third-order valence-corrected chi connectivity index (χ3v) is 3.60. The molecule has 0 radical (unpaired) electrons. The van der Waals surface area contributed by atoms with Crippen molar-refractivity contribution in [3.63, 3.8) is 0 Å². The number of ether oxygens (including phenoxy) is 2. The van der Waals surface area contributed by atoms with Crippen LogP contribution in [0.4, 0.5) is 5.69 Å². The lowest BCUT2D eigenvalue weighted by atomic mass is 10.1. The molecule has 1 amide bonds. The summed E-state index contributed by atoms with van der Waals surface area (Å²) in [7, 11) is 0. The van der Waals surface area contributed by atoms with Gasteiger partial charge in [-0.25, -0.2) is 4.79 Å². The van der Waals surface area contributed by atoms with Crippen LogP contribution in [0, 0.1) is 11.3 Å². The van der Waals surface area contributed by atoms with Crippen molar-refractivity contribution in [2.45, 2.75) is 26.9 Å². The topological polar surface area (TPSA) is 88.4 Å². The van der Waals surface area contributed by atoms with Crippen LogP contribution in [0.15, 0.2) is 54.1 Å². The van der Waals surface area contributed by atoms with Gasteiger partial charge < -0.3 is 14.8 Å². The summed E-state index contributed by atoms with van der Waals surface area (Å²) in [4.78, 5) is 24.1. The van der Waals surface area contributed by atoms with E-state index in [2.05, 4.69) is 5.32 Å². The van der Waals surface area contributed by atoms with Gasteiger partial charge in [0.05, 0.1) is 18.3 Å². The molecule has 144 valence electrons. The number of benzene rings is 2. The third kappa shape index (κ3) is 5.71. The number of amides is 1. The van der Waals surface area contributed by atoms with Crippen molar-refractivity contribution >= 4 is 23.6 Å². The van der Waals surface area contributed by atoms with Crippen molar-refractivity contribution in [3.05, 3.63) is 65.2 Å². The molecule has 2 aromatic rings. The van der Waals surface area contributed by atoms with E-state index in [1.807, 2.05) is 26.0 Å². The fourth-order valence-electron chi connectivity index (χ4n) is 2.37. The molecule has 28 heavy (non-hydrogen) atoms. The number of carbonyl (C=O) groups is 2. The Morgan fingerprint density at radius 2 is 1.82 bits per heavy atom. The van der Waals surface area contributed by atoms with Crippen molar-refractivity contribution in [1.29, 1.82) is 5.26 Å². The van der Waals surface area contributed by atoms with Gasteiger partial charge in [-0.2, -0.15) is 5.26 Å². The van der Waals surface area contributed by atoms with Crippen molar-refractivity contribution in [2.24, 2.45) is 0 Å². The SMILES string of the molecule is CCOC(=O)c1ccc(NC(=O)/C(C#N)=C/c2ccccc2OC(C)C)cc1. The van der Waals surface area contributed by atoms with E-state index in [1.54, 1.807) is 49.4 Å². The molecule has 0 spiro atoms. The van der Waals surface area contributed by atoms with Crippen molar-refractivity contribution in [3.8, 4) is 11.8 Å². The standard InChI is InChI=1S/C22H22N2O4/c1-4-27-22(26)16-9-11-19(12-10-16)24-21(25)18(14-23)13-17-7-5-6-8-20(17)28-15(2)3/h5-13,15H,4H2,1-3H3,(H,24,25)/b18-13+. The zero-order chi connectivity index (χ0) is 20.5. The van der Waals surface area contributed by atoms with Gasteiger partial charge in [0.15, 0.2) is 0 Å². The molecule has 2 rings (SSSR count). The molecule has 0 unspecified atom stereocenters. The van der Waals surface area contributed by atoms with Gasteiger partial charge in [-0.3, -0.25) is 4.79 Å². The summed E-state index contributed by atoms with van der Waals surface area (Å²) in [6, 6.07) is 15.4. The van der Waals surface area contributed by atoms with Gasteiger partial charge in [0.25, 0.3) is 5.91 Å². The lowest BCUT2D eigenvalue weighted by molar-refractivity contribution is -0.112. The van der Waals surface area contributed by atoms with Crippen molar-refractivity contribution < 1.29 is 19.1 Å². The number of hydrogen-bond donors (Lipinski definition) is 1. The average Bonchev–Trinajstić information content (AvgIpc) is 2.67. The number of nitriles is 1. The highest BCUT2D eigenvalue weighted by molar-refractivity contribution is 6.10. The molecule has 0 bridgehead atoms. The summed E-state index contributed by atoms with van der Waals surface area (Å²) < 4.78 is 10.6. The van der Waals surface area contributed by atoms with Crippen LogP contribution in [0.3, 0.4) is 0 Å². The predicted molar refractivity (Wildman–Crippen MR) is 107 cm³/mol. The minimum absolute atomic E-state index is 0.0353. The van der Waals surface area contributed by atoms with E-state index >= 15 is 0 Å². The van der Waals surface area contributed by atoms with Crippen LogP contribution in [-0.2, 0) is 9.53 Å². The lowest BCUT2D eigenvalue weighted by Gasteiger charge is -2.12. The van der Waals surface area contributed by atoms with Gasteiger partial charge in [-0.15, -0.1) is 0 Å². The first-order chi connectivity index (χ1) is 13.4. The number of anilines is 1. The lowest BCUT2D eigenvalue weighted by Crippen LogP contribution is -2.14. The maximum atomic E-state index is 12.5. The highest BCUT2D eigenvalue weighted by Crippen LogP contribution is 2.22. The second-order valence-electron chi connectivity index (χ2n) is 6.13. The molecule has 0 heterocycles. The smallest absolute Gasteiger partial charge is 0.338 e. The van der Waals surface area contributed by atoms with E-state index in [0.717, 1.165) is 0 Å². The second-order valence-corrected chi connectivity index (χ2v) is 6.13. The Hall–Kier alpha value is -3.59. The second kappa shape index (κ2) is 9.93. The molecular weight excluding hydrogens is 356 g/mol. The summed E-state index contributed by atoms with van der Waals surface area (Å²) in [5, 5.41) is 12.1. The molecule has 0 saturated carbocycles. The van der Waals surface area contributed by atoms with Crippen LogP contribution in [0.5, 0.6) is 5.75 Å². The van der Waals surface area contributed by atoms with Gasteiger partial charge in [-0.1, -0.05) is 18.2 Å². The number of esters is 1. The zero-order valence-electron chi connectivity index (χ0n) is 16.1. The quantitative estimate of drug-likeness (QED) is 0.443. The molecule has 0 aliphatic rings. The van der Waals surface area contributed by atoms with E-state index in [-0.39, 0.29) is 18.3 Å². The Morgan fingerprint density at radius 3 is 2.43 bits per heavy atom. The van der Waals surface area contributed by atoms with Crippen LogP contribution in [0.25, 0.3) is 6.08 Å². The molecule has 6 heteroatoms. The Morgan fingerprint density at radius 1 is 1.14 bits per heavy atom. The summed E-state index contributed by atoms with van der Waals surface area (Å²) in [6.45, 7) is 5.82. The molecule has 0 saturated heterocycles. The maximum absolute atomic E-state index is 12.5. The monoisotopic (exact) mass is 378 g/mol. The highest BCUT2D eigenvalue weighted by Gasteiger charge is 2.13. The molecule has 0 aliphatic carbocycles. The largest absolute Gasteiger partial charge is 0.490 e. The molecule has 1 N–H and O–H groups in total. The normalized spacial score (nSPS) is 10.9. The van der Waals surface area contributed by atoms with Gasteiger partial charge >= 0.3 is 5.97 Å². The number of nitrogens with zero attached hydrogens (tertiary/aromatic N) is 1. The molecule has 0 aliphatic heterocycles. The number of nitrogens with one attached hydrogen (secondary N) is 1. The predicted octanol–water partition coefficient (Wildman–Crippen LogP) is 4.20. The Labute approximate surface area is 164 Å². The number of rotatable bonds is 7. The van der Waals surface area contributed by atoms with Gasteiger partial charge in [0.1, 0.15) is 17.4 Å². The first-order valence-corrected chi connectivity index (χ1v) is 8.90. The summed E-state index contributed by atoms with van der Waals surface area (Å²) in [5.41, 5.74) is 1.43. The summed E-state index contributed by atoms with van der Waals surface area (Å²) >= 11 is 0. The minimum atomic E-state index is -0.550. The van der Waals surface area contributed by atoms with E-state index < -0.39 is 11.9 Å². The maximum Gasteiger partial charge on any atom is 0.338 e. The van der Waals surface area contributed by atoms with E-state index in [1.165, 1.54) is 6.08 Å². The molecule has 6 nitrogen and oxygen atoms in total. The van der Waals surface area contributed by atoms with E-state index in [0.29, 0.717) is 22.6 Å². The van der Waals surface area contributed by atoms with E-state index in [9.17, 15) is 14.9 Å². The molecule has 0 fully saturated rings. The van der Waals surface area contributed by atoms with Gasteiger partial charge in [0.2, 0.25) is 0 Å². The number of carbonyl (C=O) groups excluding carboxylic acids is 2. The van der Waals surface area contributed by atoms with Gasteiger partial charge in [-0.05, 0) is 57.2 Å². The zero-order valence-corrected chi connectivity index (χ0v) is 16.1. The molecule has 2 aromatic carbocycles. The van der Waals surface area contributed by atoms with Crippen LogP contribution < -0.4 is 10.1 Å². The first-order valence-electron chi connectivity index (χ1n) is 8.90. The average molecular weight is 378 g/mol. The van der Waals surface area contributed by atoms with Gasteiger partial charge in [0, 0.05) is 11.3 Å². The van der Waals surface area contributed by atoms with E-state index in [4.69, 9.17) is 9.47 Å². The van der Waals surface area contributed by atoms with Crippen molar-refractivity contribution in [2.75, 3.05) is 11.9 Å².